The fourth-order valence-corrected chi connectivity index (χ4v) is 3.73. The summed E-state index contributed by atoms with van der Waals surface area (Å²) in [6, 6.07) is 3.77. The molecule has 1 aromatic carbocycles. The van der Waals surface area contributed by atoms with Crippen molar-refractivity contribution < 1.29 is 22.7 Å². The summed E-state index contributed by atoms with van der Waals surface area (Å²) >= 11 is 0. The van der Waals surface area contributed by atoms with E-state index in [1.54, 1.807) is 23.7 Å². The number of nitrogens with zero attached hydrogens (tertiary/aromatic N) is 3. The molecule has 1 amide bonds. The maximum absolute atomic E-state index is 13.8. The fraction of sp³-hybridized carbons (Fsp3) is 0.381. The lowest BCUT2D eigenvalue weighted by atomic mass is 9.96. The van der Waals surface area contributed by atoms with Crippen molar-refractivity contribution >= 4 is 17.2 Å². The number of methoxy groups -OCH3 is 1. The van der Waals surface area contributed by atoms with Crippen LogP contribution in [0.5, 0.6) is 5.88 Å². The molecule has 2 N–H and O–H groups in total. The Hall–Kier alpha value is -3.14. The third-order valence-electron chi connectivity index (χ3n) is 5.31. The number of piperidine rings is 1. The smallest absolute Gasteiger partial charge is 0.418 e. The van der Waals surface area contributed by atoms with Gasteiger partial charge in [0.2, 0.25) is 11.6 Å². The number of hydrogen-bond acceptors (Lipinski definition) is 5. The zero-order valence-corrected chi connectivity index (χ0v) is 17.1. The molecular weight excluding hydrogens is 411 g/mol. The van der Waals surface area contributed by atoms with Gasteiger partial charge in [0.25, 0.3) is 5.88 Å². The van der Waals surface area contributed by atoms with Gasteiger partial charge in [0.15, 0.2) is 0 Å². The number of carbonyl (C=O) groups is 1. The number of anilines is 1. The number of alkyl halides is 3. The standard InChI is InChI=1S/C21H22F3N5O2/c1-12-10-29-11-17(28-20(31-2)18(29)26-12)14-3-4-16(15(9-14)21(22,23)24)27-19(30)13-5-7-25-8-6-13/h3-4,9-11,13,25H,5-8H2,1-2H3,(H,27,30). The molecule has 0 aliphatic carbocycles. The van der Waals surface area contributed by atoms with Crippen LogP contribution in [0, 0.1) is 12.8 Å². The van der Waals surface area contributed by atoms with E-state index in [2.05, 4.69) is 20.6 Å². The highest BCUT2D eigenvalue weighted by Crippen LogP contribution is 2.38. The van der Waals surface area contributed by atoms with Crippen molar-refractivity contribution in [3.63, 3.8) is 0 Å². The largest absolute Gasteiger partial charge is 0.478 e. The van der Waals surface area contributed by atoms with Crippen LogP contribution in [0.3, 0.4) is 0 Å². The second-order valence-electron chi connectivity index (χ2n) is 7.52. The van der Waals surface area contributed by atoms with Crippen molar-refractivity contribution in [3.8, 4) is 17.1 Å². The molecule has 0 unspecified atom stereocenters. The number of hydrogen-bond donors (Lipinski definition) is 2. The molecule has 1 fully saturated rings. The molecule has 0 bridgehead atoms. The highest BCUT2D eigenvalue weighted by Gasteiger charge is 2.35. The molecule has 1 aliphatic heterocycles. The van der Waals surface area contributed by atoms with Crippen LogP contribution in [0.4, 0.5) is 18.9 Å². The summed E-state index contributed by atoms with van der Waals surface area (Å²) in [6.45, 7) is 3.15. The topological polar surface area (TPSA) is 80.5 Å². The van der Waals surface area contributed by atoms with Gasteiger partial charge in [-0.25, -0.2) is 9.97 Å². The molecular formula is C21H22F3N5O2. The van der Waals surface area contributed by atoms with Crippen LogP contribution in [-0.2, 0) is 11.0 Å². The Labute approximate surface area is 176 Å². The number of aryl methyl sites for hydroxylation is 1. The van der Waals surface area contributed by atoms with Crippen molar-refractivity contribution in [3.05, 3.63) is 41.9 Å². The number of fused-ring (bicyclic) bond motifs is 1. The van der Waals surface area contributed by atoms with Gasteiger partial charge in [-0.05, 0) is 45.0 Å². The van der Waals surface area contributed by atoms with Gasteiger partial charge < -0.3 is 19.8 Å². The summed E-state index contributed by atoms with van der Waals surface area (Å²) in [7, 11) is 1.43. The van der Waals surface area contributed by atoms with Gasteiger partial charge in [-0.2, -0.15) is 13.2 Å². The molecule has 4 rings (SSSR count). The number of halogens is 3. The Morgan fingerprint density at radius 1 is 1.23 bits per heavy atom. The number of nitrogens with one attached hydrogen (secondary N) is 2. The number of carbonyl (C=O) groups excluding carboxylic acids is 1. The third-order valence-corrected chi connectivity index (χ3v) is 5.31. The summed E-state index contributed by atoms with van der Waals surface area (Å²) in [5, 5.41) is 5.61. The molecule has 0 atom stereocenters. The van der Waals surface area contributed by atoms with Crippen LogP contribution in [0.2, 0.25) is 0 Å². The maximum Gasteiger partial charge on any atom is 0.418 e. The molecule has 0 saturated carbocycles. The van der Waals surface area contributed by atoms with Crippen LogP contribution < -0.4 is 15.4 Å². The quantitative estimate of drug-likeness (QED) is 0.656. The highest BCUT2D eigenvalue weighted by atomic mass is 19.4. The van der Waals surface area contributed by atoms with E-state index in [0.717, 1.165) is 11.8 Å². The van der Waals surface area contributed by atoms with Crippen molar-refractivity contribution in [2.24, 2.45) is 5.92 Å². The number of benzene rings is 1. The van der Waals surface area contributed by atoms with E-state index in [1.165, 1.54) is 19.2 Å². The minimum atomic E-state index is -4.65. The van der Waals surface area contributed by atoms with Gasteiger partial charge in [-0.1, -0.05) is 6.07 Å². The first-order chi connectivity index (χ1) is 14.8. The second kappa shape index (κ2) is 8.18. The van der Waals surface area contributed by atoms with Crippen LogP contribution in [-0.4, -0.2) is 40.5 Å². The van der Waals surface area contributed by atoms with E-state index in [0.29, 0.717) is 37.3 Å². The minimum absolute atomic E-state index is 0.211. The first-order valence-electron chi connectivity index (χ1n) is 9.90. The molecule has 10 heteroatoms. The summed E-state index contributed by atoms with van der Waals surface area (Å²) < 4.78 is 48.4. The monoisotopic (exact) mass is 433 g/mol. The molecule has 7 nitrogen and oxygen atoms in total. The van der Waals surface area contributed by atoms with Gasteiger partial charge in [0.1, 0.15) is 0 Å². The highest BCUT2D eigenvalue weighted by molar-refractivity contribution is 5.93. The second-order valence-corrected chi connectivity index (χ2v) is 7.52. The molecule has 0 radical (unpaired) electrons. The fourth-order valence-electron chi connectivity index (χ4n) is 3.73. The van der Waals surface area contributed by atoms with Crippen LogP contribution in [0.15, 0.2) is 30.6 Å². The molecule has 2 aromatic heterocycles. The van der Waals surface area contributed by atoms with E-state index in [-0.39, 0.29) is 23.0 Å². The van der Waals surface area contributed by atoms with Gasteiger partial charge in [-0.3, -0.25) is 4.79 Å². The summed E-state index contributed by atoms with van der Waals surface area (Å²) in [5.74, 6) is -0.489. The van der Waals surface area contributed by atoms with Crippen molar-refractivity contribution in [1.29, 1.82) is 0 Å². The average Bonchev–Trinajstić information content (AvgIpc) is 3.13. The normalized spacial score (nSPS) is 15.3. The number of amides is 1. The van der Waals surface area contributed by atoms with Crippen LogP contribution >= 0.6 is 0 Å². The van der Waals surface area contributed by atoms with E-state index < -0.39 is 17.6 Å². The van der Waals surface area contributed by atoms with Gasteiger partial charge in [0, 0.05) is 23.9 Å². The summed E-state index contributed by atoms with van der Waals surface area (Å²) in [5.41, 5.74) is 0.568. The van der Waals surface area contributed by atoms with Crippen molar-refractivity contribution in [1.82, 2.24) is 19.7 Å². The van der Waals surface area contributed by atoms with Crippen LogP contribution in [0.1, 0.15) is 24.1 Å². The lowest BCUT2D eigenvalue weighted by Gasteiger charge is -2.23. The Balaban J connectivity index is 1.72. The van der Waals surface area contributed by atoms with E-state index in [1.807, 2.05) is 0 Å². The molecule has 3 aromatic rings. The predicted octanol–water partition coefficient (Wildman–Crippen LogP) is 3.67. The molecule has 0 spiro atoms. The molecule has 31 heavy (non-hydrogen) atoms. The average molecular weight is 433 g/mol. The van der Waals surface area contributed by atoms with Crippen molar-refractivity contribution in [2.45, 2.75) is 25.9 Å². The predicted molar refractivity (Wildman–Crippen MR) is 109 cm³/mol. The number of rotatable bonds is 4. The molecule has 164 valence electrons. The number of aromatic nitrogens is 3. The molecule has 3 heterocycles. The zero-order chi connectivity index (χ0) is 22.2. The summed E-state index contributed by atoms with van der Waals surface area (Å²) in [4.78, 5) is 21.1. The summed E-state index contributed by atoms with van der Waals surface area (Å²) in [6.07, 6.45) is -0.118. The van der Waals surface area contributed by atoms with Gasteiger partial charge >= 0.3 is 6.18 Å². The lowest BCUT2D eigenvalue weighted by molar-refractivity contribution is -0.137. The van der Waals surface area contributed by atoms with E-state index in [4.69, 9.17) is 4.74 Å². The zero-order valence-electron chi connectivity index (χ0n) is 17.1. The molecule has 1 saturated heterocycles. The maximum atomic E-state index is 13.8. The van der Waals surface area contributed by atoms with E-state index in [9.17, 15) is 18.0 Å². The first-order valence-corrected chi connectivity index (χ1v) is 9.90. The Morgan fingerprint density at radius 2 is 1.97 bits per heavy atom. The Bertz CT molecular complexity index is 1120. The van der Waals surface area contributed by atoms with Gasteiger partial charge in [0.05, 0.1) is 29.7 Å². The SMILES string of the molecule is COc1nc(-c2ccc(NC(=O)C3CCNCC3)c(C(F)(F)F)c2)cn2cc(C)nc12. The van der Waals surface area contributed by atoms with Crippen molar-refractivity contribution in [2.75, 3.05) is 25.5 Å². The number of imidazole rings is 1. The first kappa shape index (κ1) is 21.1. The van der Waals surface area contributed by atoms with E-state index >= 15 is 0 Å². The Morgan fingerprint density at radius 3 is 2.65 bits per heavy atom. The van der Waals surface area contributed by atoms with Crippen LogP contribution in [0.25, 0.3) is 16.9 Å². The third kappa shape index (κ3) is 4.34. The van der Waals surface area contributed by atoms with Gasteiger partial charge in [-0.15, -0.1) is 0 Å². The lowest BCUT2D eigenvalue weighted by Crippen LogP contribution is -2.35. The Kier molecular flexibility index (Phi) is 5.57. The molecule has 1 aliphatic rings. The number of ether oxygens (including phenoxy) is 1. The minimum Gasteiger partial charge on any atom is -0.478 e.